The summed E-state index contributed by atoms with van der Waals surface area (Å²) in [6.07, 6.45) is 0. The summed E-state index contributed by atoms with van der Waals surface area (Å²) in [4.78, 5) is 25.6. The summed E-state index contributed by atoms with van der Waals surface area (Å²) < 4.78 is 26.8. The summed E-state index contributed by atoms with van der Waals surface area (Å²) in [7, 11) is -2.41. The highest BCUT2D eigenvalue weighted by Gasteiger charge is 2.23. The van der Waals surface area contributed by atoms with Crippen molar-refractivity contribution >= 4 is 49.3 Å². The molecule has 28 heavy (non-hydrogen) atoms. The lowest BCUT2D eigenvalue weighted by Gasteiger charge is -2.17. The Balaban J connectivity index is 1.61. The van der Waals surface area contributed by atoms with Crippen LogP contribution in [0.25, 0.3) is 0 Å². The molecule has 0 saturated carbocycles. The van der Waals surface area contributed by atoms with E-state index in [2.05, 4.69) is 26.6 Å². The molecule has 2 N–H and O–H groups in total. The molecule has 0 atom stereocenters. The van der Waals surface area contributed by atoms with E-state index in [4.69, 9.17) is 0 Å². The molecule has 3 rings (SSSR count). The molecule has 1 fully saturated rings. The van der Waals surface area contributed by atoms with Gasteiger partial charge in [-0.15, -0.1) is 0 Å². The van der Waals surface area contributed by atoms with Crippen molar-refractivity contribution in [3.05, 3.63) is 53.0 Å². The summed E-state index contributed by atoms with van der Waals surface area (Å²) in [5, 5.41) is 5.38. The lowest BCUT2D eigenvalue weighted by atomic mass is 10.2. The highest BCUT2D eigenvalue weighted by atomic mass is 79.9. The lowest BCUT2D eigenvalue weighted by Crippen LogP contribution is -2.35. The molecule has 1 saturated heterocycles. The molecule has 148 valence electrons. The number of carbonyl (C=O) groups is 2. The van der Waals surface area contributed by atoms with Crippen molar-refractivity contribution in [1.29, 1.82) is 0 Å². The number of nitrogens with one attached hydrogen (secondary N) is 2. The van der Waals surface area contributed by atoms with E-state index in [0.29, 0.717) is 18.8 Å². The first kappa shape index (κ1) is 20.3. The van der Waals surface area contributed by atoms with Crippen molar-refractivity contribution in [1.82, 2.24) is 9.62 Å². The third-order valence-electron chi connectivity index (χ3n) is 4.21. The molecule has 0 spiro atoms. The molecule has 0 bridgehead atoms. The summed E-state index contributed by atoms with van der Waals surface area (Å²) in [5.41, 5.74) is 1.24. The van der Waals surface area contributed by atoms with Crippen LogP contribution in [0.5, 0.6) is 0 Å². The van der Waals surface area contributed by atoms with Gasteiger partial charge in [0.15, 0.2) is 0 Å². The number of nitrogens with zero attached hydrogens (tertiary/aromatic N) is 2. The van der Waals surface area contributed by atoms with Crippen LogP contribution in [0.1, 0.15) is 0 Å². The standard InChI is InChI=1S/C18H19BrN4O4S/c1-22(28(26,27)16-8-2-13(19)3-9-16)12-17(24)21-14-4-6-15(7-5-14)23-11-10-20-18(23)25/h2-9H,10-12H2,1H3,(H,20,25)(H,21,24). The van der Waals surface area contributed by atoms with Gasteiger partial charge in [0.1, 0.15) is 0 Å². The fraction of sp³-hybridized carbons (Fsp3) is 0.222. The zero-order chi connectivity index (χ0) is 20.3. The number of rotatable bonds is 6. The van der Waals surface area contributed by atoms with Crippen LogP contribution in [-0.2, 0) is 14.8 Å². The van der Waals surface area contributed by atoms with E-state index in [0.717, 1.165) is 14.5 Å². The Hall–Kier alpha value is -2.43. The van der Waals surface area contributed by atoms with Crippen molar-refractivity contribution in [2.75, 3.05) is 36.9 Å². The van der Waals surface area contributed by atoms with Crippen LogP contribution in [-0.4, -0.2) is 51.3 Å². The lowest BCUT2D eigenvalue weighted by molar-refractivity contribution is -0.116. The van der Waals surface area contributed by atoms with Gasteiger partial charge in [0.25, 0.3) is 0 Å². The molecule has 0 aromatic heterocycles. The van der Waals surface area contributed by atoms with Crippen LogP contribution in [0.15, 0.2) is 57.9 Å². The Morgan fingerprint density at radius 3 is 2.39 bits per heavy atom. The fourth-order valence-corrected chi connectivity index (χ4v) is 4.11. The monoisotopic (exact) mass is 466 g/mol. The van der Waals surface area contributed by atoms with Crippen molar-refractivity contribution in [2.24, 2.45) is 0 Å². The van der Waals surface area contributed by atoms with Crippen LogP contribution in [0.4, 0.5) is 16.2 Å². The summed E-state index contributed by atoms with van der Waals surface area (Å²) in [6, 6.07) is 12.8. The van der Waals surface area contributed by atoms with E-state index in [9.17, 15) is 18.0 Å². The maximum Gasteiger partial charge on any atom is 0.321 e. The zero-order valence-corrected chi connectivity index (χ0v) is 17.5. The highest BCUT2D eigenvalue weighted by Crippen LogP contribution is 2.20. The van der Waals surface area contributed by atoms with Crippen LogP contribution < -0.4 is 15.5 Å². The number of likely N-dealkylation sites (N-methyl/N-ethyl adjacent to an activating group) is 1. The molecule has 10 heteroatoms. The van der Waals surface area contributed by atoms with Gasteiger partial charge in [0.2, 0.25) is 15.9 Å². The van der Waals surface area contributed by atoms with Gasteiger partial charge in [0.05, 0.1) is 11.4 Å². The normalized spacial score (nSPS) is 14.2. The Labute approximate surface area is 171 Å². The minimum absolute atomic E-state index is 0.110. The Bertz CT molecular complexity index is 978. The minimum Gasteiger partial charge on any atom is -0.336 e. The van der Waals surface area contributed by atoms with E-state index >= 15 is 0 Å². The topological polar surface area (TPSA) is 98.8 Å². The molecular weight excluding hydrogens is 448 g/mol. The maximum absolute atomic E-state index is 12.5. The van der Waals surface area contributed by atoms with E-state index < -0.39 is 15.9 Å². The van der Waals surface area contributed by atoms with Gasteiger partial charge in [-0.05, 0) is 48.5 Å². The molecule has 0 aliphatic carbocycles. The van der Waals surface area contributed by atoms with Crippen molar-refractivity contribution in [2.45, 2.75) is 4.90 Å². The third-order valence-corrected chi connectivity index (χ3v) is 6.55. The average Bonchev–Trinajstić information content (AvgIpc) is 3.08. The Morgan fingerprint density at radius 2 is 1.82 bits per heavy atom. The third kappa shape index (κ3) is 4.51. The second-order valence-corrected chi connectivity index (χ2v) is 9.15. The quantitative estimate of drug-likeness (QED) is 0.681. The fourth-order valence-electron chi connectivity index (χ4n) is 2.72. The second kappa shape index (κ2) is 8.29. The van der Waals surface area contributed by atoms with E-state index in [1.54, 1.807) is 41.3 Å². The number of hydrogen-bond acceptors (Lipinski definition) is 4. The maximum atomic E-state index is 12.5. The highest BCUT2D eigenvalue weighted by molar-refractivity contribution is 9.10. The van der Waals surface area contributed by atoms with Crippen LogP contribution >= 0.6 is 15.9 Å². The molecule has 1 aliphatic rings. The molecule has 8 nitrogen and oxygen atoms in total. The van der Waals surface area contributed by atoms with Crippen molar-refractivity contribution < 1.29 is 18.0 Å². The van der Waals surface area contributed by atoms with Crippen LogP contribution in [0.3, 0.4) is 0 Å². The first-order valence-corrected chi connectivity index (χ1v) is 10.7. The minimum atomic E-state index is -3.77. The largest absolute Gasteiger partial charge is 0.336 e. The molecular formula is C18H19BrN4O4S. The number of anilines is 2. The number of amides is 3. The number of halogens is 1. The molecule has 2 aromatic carbocycles. The number of hydrogen-bond donors (Lipinski definition) is 2. The molecule has 2 aromatic rings. The molecule has 0 radical (unpaired) electrons. The van der Waals surface area contributed by atoms with Crippen LogP contribution in [0.2, 0.25) is 0 Å². The first-order valence-electron chi connectivity index (χ1n) is 8.44. The molecule has 1 aliphatic heterocycles. The van der Waals surface area contributed by atoms with Gasteiger partial charge in [-0.2, -0.15) is 4.31 Å². The number of benzene rings is 2. The van der Waals surface area contributed by atoms with Gasteiger partial charge in [-0.1, -0.05) is 15.9 Å². The summed E-state index contributed by atoms with van der Waals surface area (Å²) >= 11 is 3.26. The van der Waals surface area contributed by atoms with Crippen molar-refractivity contribution in [3.63, 3.8) is 0 Å². The van der Waals surface area contributed by atoms with Gasteiger partial charge < -0.3 is 10.6 Å². The smallest absolute Gasteiger partial charge is 0.321 e. The Morgan fingerprint density at radius 1 is 1.18 bits per heavy atom. The second-order valence-electron chi connectivity index (χ2n) is 6.19. The van der Waals surface area contributed by atoms with Crippen molar-refractivity contribution in [3.8, 4) is 0 Å². The number of sulfonamides is 1. The first-order chi connectivity index (χ1) is 13.3. The Kier molecular flexibility index (Phi) is 6.01. The zero-order valence-electron chi connectivity index (χ0n) is 15.1. The number of carbonyl (C=O) groups excluding carboxylic acids is 2. The van der Waals surface area contributed by atoms with E-state index in [1.165, 1.54) is 19.2 Å². The van der Waals surface area contributed by atoms with E-state index in [1.807, 2.05) is 0 Å². The number of urea groups is 1. The predicted octanol–water partition coefficient (Wildman–Crippen LogP) is 2.24. The summed E-state index contributed by atoms with van der Waals surface area (Å²) in [6.45, 7) is 0.856. The SMILES string of the molecule is CN(CC(=O)Nc1ccc(N2CCNC2=O)cc1)S(=O)(=O)c1ccc(Br)cc1. The molecule has 3 amide bonds. The van der Waals surface area contributed by atoms with Crippen LogP contribution in [0, 0.1) is 0 Å². The molecule has 0 unspecified atom stereocenters. The molecule has 1 heterocycles. The predicted molar refractivity (Wildman–Crippen MR) is 110 cm³/mol. The van der Waals surface area contributed by atoms with Gasteiger partial charge >= 0.3 is 6.03 Å². The average molecular weight is 467 g/mol. The van der Waals surface area contributed by atoms with Gasteiger partial charge in [-0.3, -0.25) is 9.69 Å². The van der Waals surface area contributed by atoms with E-state index in [-0.39, 0.29) is 17.5 Å². The summed E-state index contributed by atoms with van der Waals surface area (Å²) in [5.74, 6) is -0.463. The van der Waals surface area contributed by atoms with Gasteiger partial charge in [0, 0.05) is 36.0 Å². The van der Waals surface area contributed by atoms with Gasteiger partial charge in [-0.25, -0.2) is 13.2 Å².